The fraction of sp³-hybridized carbons (Fsp3) is 0.188. The van der Waals surface area contributed by atoms with Crippen LogP contribution in [0, 0.1) is 0 Å². The van der Waals surface area contributed by atoms with Crippen LogP contribution < -0.4 is 15.6 Å². The first-order valence-corrected chi connectivity index (χ1v) is 7.24. The van der Waals surface area contributed by atoms with Crippen LogP contribution in [0.3, 0.4) is 0 Å². The number of hydrogen-bond donors (Lipinski definition) is 1. The maximum atomic E-state index is 12.1. The highest BCUT2D eigenvalue weighted by Crippen LogP contribution is 2.27. The van der Waals surface area contributed by atoms with E-state index in [1.54, 1.807) is 12.1 Å². The Balaban J connectivity index is 2.13. The van der Waals surface area contributed by atoms with Crippen molar-refractivity contribution >= 4 is 29.2 Å². The van der Waals surface area contributed by atoms with E-state index in [1.165, 1.54) is 38.6 Å². The van der Waals surface area contributed by atoms with Gasteiger partial charge in [0, 0.05) is 18.0 Å². The smallest absolute Gasteiger partial charge is 0.339 e. The number of amides is 1. The van der Waals surface area contributed by atoms with Crippen LogP contribution in [0.25, 0.3) is 0 Å². The van der Waals surface area contributed by atoms with Gasteiger partial charge in [0.15, 0.2) is 0 Å². The molecule has 8 heteroatoms. The lowest BCUT2D eigenvalue weighted by Gasteiger charge is -2.10. The Kier molecular flexibility index (Phi) is 5.59. The maximum Gasteiger partial charge on any atom is 0.339 e. The molecule has 0 fully saturated rings. The molecule has 1 heterocycles. The van der Waals surface area contributed by atoms with E-state index in [-0.39, 0.29) is 12.1 Å². The summed E-state index contributed by atoms with van der Waals surface area (Å²) in [5.74, 6) is -0.553. The first kappa shape index (κ1) is 17.6. The van der Waals surface area contributed by atoms with Crippen LogP contribution in [-0.2, 0) is 16.1 Å². The van der Waals surface area contributed by atoms with Gasteiger partial charge < -0.3 is 19.4 Å². The second kappa shape index (κ2) is 7.65. The summed E-state index contributed by atoms with van der Waals surface area (Å²) in [6.07, 6.45) is 1.27. The minimum Gasteiger partial charge on any atom is -0.495 e. The second-order valence-electron chi connectivity index (χ2n) is 4.77. The van der Waals surface area contributed by atoms with Gasteiger partial charge in [0.25, 0.3) is 5.56 Å². The number of pyridine rings is 1. The lowest BCUT2D eigenvalue weighted by Crippen LogP contribution is -2.27. The Bertz CT molecular complexity index is 831. The molecule has 24 heavy (non-hydrogen) atoms. The molecule has 0 atom stereocenters. The molecule has 0 saturated carbocycles. The number of carbonyl (C=O) groups excluding carboxylic acids is 2. The molecule has 0 aliphatic rings. The van der Waals surface area contributed by atoms with E-state index in [0.717, 1.165) is 4.57 Å². The van der Waals surface area contributed by atoms with Crippen molar-refractivity contribution in [1.29, 1.82) is 0 Å². The summed E-state index contributed by atoms with van der Waals surface area (Å²) in [6.45, 7) is -0.257. The zero-order chi connectivity index (χ0) is 17.7. The van der Waals surface area contributed by atoms with Crippen molar-refractivity contribution in [2.45, 2.75) is 6.54 Å². The minimum absolute atomic E-state index is 0.178. The average molecular weight is 351 g/mol. The van der Waals surface area contributed by atoms with Gasteiger partial charge in [0.2, 0.25) is 5.91 Å². The Morgan fingerprint density at radius 2 is 1.96 bits per heavy atom. The Morgan fingerprint density at radius 3 is 2.58 bits per heavy atom. The standard InChI is InChI=1S/C16H15ClN2O5/c1-23-13-5-4-11(7-12(13)17)18-14(20)9-19-8-10(16(22)24-2)3-6-15(19)21/h3-8H,9H2,1-2H3,(H,18,20). The molecule has 0 bridgehead atoms. The maximum absolute atomic E-state index is 12.1. The quantitative estimate of drug-likeness (QED) is 0.833. The third-order valence-corrected chi connectivity index (χ3v) is 3.45. The van der Waals surface area contributed by atoms with Crippen LogP contribution in [0.4, 0.5) is 5.69 Å². The summed E-state index contributed by atoms with van der Waals surface area (Å²) in [7, 11) is 2.72. The van der Waals surface area contributed by atoms with E-state index in [4.69, 9.17) is 16.3 Å². The van der Waals surface area contributed by atoms with Gasteiger partial charge in [0.05, 0.1) is 24.8 Å². The Hall–Kier alpha value is -2.80. The van der Waals surface area contributed by atoms with Gasteiger partial charge >= 0.3 is 5.97 Å². The van der Waals surface area contributed by atoms with Crippen molar-refractivity contribution in [3.63, 3.8) is 0 Å². The highest BCUT2D eigenvalue weighted by atomic mass is 35.5. The van der Waals surface area contributed by atoms with Gasteiger partial charge in [-0.15, -0.1) is 0 Å². The van der Waals surface area contributed by atoms with E-state index in [2.05, 4.69) is 10.1 Å². The monoisotopic (exact) mass is 350 g/mol. The number of aromatic nitrogens is 1. The number of nitrogens with zero attached hydrogens (tertiary/aromatic N) is 1. The molecule has 2 aromatic rings. The molecule has 0 spiro atoms. The van der Waals surface area contributed by atoms with E-state index < -0.39 is 17.4 Å². The molecule has 126 valence electrons. The molecular formula is C16H15ClN2O5. The van der Waals surface area contributed by atoms with Crippen LogP contribution >= 0.6 is 11.6 Å². The fourth-order valence-corrected chi connectivity index (χ4v) is 2.25. The summed E-state index contributed by atoms with van der Waals surface area (Å²) < 4.78 is 10.7. The van der Waals surface area contributed by atoms with E-state index >= 15 is 0 Å². The van der Waals surface area contributed by atoms with Crippen LogP contribution in [0.15, 0.2) is 41.3 Å². The molecule has 1 N–H and O–H groups in total. The van der Waals surface area contributed by atoms with Crippen molar-refractivity contribution in [1.82, 2.24) is 4.57 Å². The molecule has 0 saturated heterocycles. The number of esters is 1. The fourth-order valence-electron chi connectivity index (χ4n) is 1.99. The number of carbonyl (C=O) groups is 2. The average Bonchev–Trinajstić information content (AvgIpc) is 2.56. The predicted octanol–water partition coefficient (Wildman–Crippen LogP) is 1.94. The lowest BCUT2D eigenvalue weighted by atomic mass is 10.3. The molecule has 0 unspecified atom stereocenters. The molecule has 7 nitrogen and oxygen atoms in total. The number of hydrogen-bond acceptors (Lipinski definition) is 5. The number of benzene rings is 1. The van der Waals surface area contributed by atoms with Gasteiger partial charge in [-0.25, -0.2) is 4.79 Å². The number of nitrogens with one attached hydrogen (secondary N) is 1. The van der Waals surface area contributed by atoms with Gasteiger partial charge in [-0.1, -0.05) is 11.6 Å². The number of rotatable bonds is 5. The molecule has 0 aliphatic heterocycles. The van der Waals surface area contributed by atoms with Crippen molar-refractivity contribution in [3.8, 4) is 5.75 Å². The molecule has 1 aromatic carbocycles. The first-order chi connectivity index (χ1) is 11.4. The third-order valence-electron chi connectivity index (χ3n) is 3.15. The van der Waals surface area contributed by atoms with Crippen molar-refractivity contribution in [2.24, 2.45) is 0 Å². The molecular weight excluding hydrogens is 336 g/mol. The van der Waals surface area contributed by atoms with Gasteiger partial charge in [-0.2, -0.15) is 0 Å². The Labute approximate surface area is 142 Å². The van der Waals surface area contributed by atoms with E-state index in [0.29, 0.717) is 16.5 Å². The third kappa shape index (κ3) is 4.14. The SMILES string of the molecule is COC(=O)c1ccc(=O)n(CC(=O)Nc2ccc(OC)c(Cl)c2)c1. The second-order valence-corrected chi connectivity index (χ2v) is 5.18. The van der Waals surface area contributed by atoms with Crippen LogP contribution in [0.2, 0.25) is 5.02 Å². The van der Waals surface area contributed by atoms with Gasteiger partial charge in [0.1, 0.15) is 12.3 Å². The summed E-state index contributed by atoms with van der Waals surface area (Å²) in [5, 5.41) is 2.96. The normalized spacial score (nSPS) is 10.1. The molecule has 1 aromatic heterocycles. The van der Waals surface area contributed by atoms with Gasteiger partial charge in [-0.05, 0) is 24.3 Å². The zero-order valence-electron chi connectivity index (χ0n) is 13.0. The molecule has 1 amide bonds. The van der Waals surface area contributed by atoms with Crippen molar-refractivity contribution in [2.75, 3.05) is 19.5 Å². The number of methoxy groups -OCH3 is 2. The van der Waals surface area contributed by atoms with Crippen molar-refractivity contribution < 1.29 is 19.1 Å². The summed E-state index contributed by atoms with van der Waals surface area (Å²) in [5.41, 5.74) is 0.228. The van der Waals surface area contributed by atoms with E-state index in [9.17, 15) is 14.4 Å². The number of anilines is 1. The summed E-state index contributed by atoms with van der Waals surface area (Å²) >= 11 is 5.99. The number of halogens is 1. The van der Waals surface area contributed by atoms with Crippen molar-refractivity contribution in [3.05, 3.63) is 57.5 Å². The van der Waals surface area contributed by atoms with Crippen LogP contribution in [0.1, 0.15) is 10.4 Å². The lowest BCUT2D eigenvalue weighted by molar-refractivity contribution is -0.116. The topological polar surface area (TPSA) is 86.6 Å². The predicted molar refractivity (Wildman–Crippen MR) is 88.7 cm³/mol. The summed E-state index contributed by atoms with van der Waals surface area (Å²) in [4.78, 5) is 35.4. The van der Waals surface area contributed by atoms with Gasteiger partial charge in [-0.3, -0.25) is 9.59 Å². The van der Waals surface area contributed by atoms with Crippen LogP contribution in [0.5, 0.6) is 5.75 Å². The highest BCUT2D eigenvalue weighted by Gasteiger charge is 2.11. The highest BCUT2D eigenvalue weighted by molar-refractivity contribution is 6.32. The number of ether oxygens (including phenoxy) is 2. The molecule has 0 radical (unpaired) electrons. The first-order valence-electron chi connectivity index (χ1n) is 6.87. The Morgan fingerprint density at radius 1 is 1.21 bits per heavy atom. The van der Waals surface area contributed by atoms with E-state index in [1.807, 2.05) is 0 Å². The largest absolute Gasteiger partial charge is 0.495 e. The molecule has 2 rings (SSSR count). The van der Waals surface area contributed by atoms with Crippen LogP contribution in [-0.4, -0.2) is 30.7 Å². The summed E-state index contributed by atoms with van der Waals surface area (Å²) in [6, 6.07) is 7.31. The zero-order valence-corrected chi connectivity index (χ0v) is 13.8. The molecule has 0 aliphatic carbocycles. The minimum atomic E-state index is -0.592.